The molecule has 0 spiro atoms. The van der Waals surface area contributed by atoms with Crippen LogP contribution in [0.5, 0.6) is 0 Å². The average Bonchev–Trinajstić information content (AvgIpc) is 2.56. The van der Waals surface area contributed by atoms with E-state index < -0.39 is 23.8 Å². The van der Waals surface area contributed by atoms with Crippen LogP contribution in [0.3, 0.4) is 0 Å². The van der Waals surface area contributed by atoms with Gasteiger partial charge >= 0.3 is 12.1 Å². The summed E-state index contributed by atoms with van der Waals surface area (Å²) in [4.78, 5) is 24.2. The topological polar surface area (TPSA) is 76.1 Å². The molecular weight excluding hydrogens is 226 g/mol. The highest BCUT2D eigenvalue weighted by molar-refractivity contribution is 5.85. The first-order valence-corrected chi connectivity index (χ1v) is 5.37. The van der Waals surface area contributed by atoms with Crippen LogP contribution in [0.15, 0.2) is 0 Å². The van der Waals surface area contributed by atoms with Gasteiger partial charge in [0.1, 0.15) is 6.23 Å². The molecule has 0 saturated carbocycles. The van der Waals surface area contributed by atoms with Gasteiger partial charge in [0.15, 0.2) is 5.54 Å². The molecule has 6 nitrogen and oxygen atoms in total. The summed E-state index contributed by atoms with van der Waals surface area (Å²) in [6, 6.07) is 0. The Morgan fingerprint density at radius 3 is 2.35 bits per heavy atom. The number of rotatable bonds is 1. The lowest BCUT2D eigenvalue weighted by molar-refractivity contribution is -0.148. The van der Waals surface area contributed by atoms with Gasteiger partial charge < -0.3 is 14.6 Å². The van der Waals surface area contributed by atoms with Crippen LogP contribution in [0.1, 0.15) is 27.7 Å². The molecule has 1 amide bonds. The van der Waals surface area contributed by atoms with Gasteiger partial charge in [0.25, 0.3) is 0 Å². The molecule has 1 heterocycles. The minimum absolute atomic E-state index is 0.0423. The molecule has 1 aliphatic heterocycles. The van der Waals surface area contributed by atoms with Crippen molar-refractivity contribution >= 4 is 12.1 Å². The van der Waals surface area contributed by atoms with Crippen LogP contribution >= 0.6 is 0 Å². The summed E-state index contributed by atoms with van der Waals surface area (Å²) in [5.41, 5.74) is -1.77. The Morgan fingerprint density at radius 1 is 1.47 bits per heavy atom. The molecule has 0 aromatic rings. The largest absolute Gasteiger partial charge is 0.479 e. The van der Waals surface area contributed by atoms with Crippen molar-refractivity contribution in [2.75, 3.05) is 13.7 Å². The number of ether oxygens (including phenoxy) is 2. The SMILES string of the molecule is COC(=O)N1[C@@H](C(C)(C)C)OC[C@@]1(C)C(=O)O. The number of hydrogen-bond donors (Lipinski definition) is 1. The van der Waals surface area contributed by atoms with Crippen molar-refractivity contribution in [3.63, 3.8) is 0 Å². The predicted molar refractivity (Wildman–Crippen MR) is 59.5 cm³/mol. The highest BCUT2D eigenvalue weighted by Crippen LogP contribution is 2.37. The summed E-state index contributed by atoms with van der Waals surface area (Å²) in [5.74, 6) is -1.10. The Kier molecular flexibility index (Phi) is 3.38. The highest BCUT2D eigenvalue weighted by atomic mass is 16.6. The van der Waals surface area contributed by atoms with Crippen molar-refractivity contribution in [2.45, 2.75) is 39.5 Å². The first kappa shape index (κ1) is 13.8. The van der Waals surface area contributed by atoms with Crippen LogP contribution < -0.4 is 0 Å². The lowest BCUT2D eigenvalue weighted by Crippen LogP contribution is -2.57. The molecule has 0 unspecified atom stereocenters. The van der Waals surface area contributed by atoms with E-state index in [1.165, 1.54) is 14.0 Å². The van der Waals surface area contributed by atoms with E-state index in [2.05, 4.69) is 4.74 Å². The fraction of sp³-hybridized carbons (Fsp3) is 0.818. The molecule has 17 heavy (non-hydrogen) atoms. The number of hydrogen-bond acceptors (Lipinski definition) is 4. The lowest BCUT2D eigenvalue weighted by atomic mass is 9.92. The maximum Gasteiger partial charge on any atom is 0.412 e. The van der Waals surface area contributed by atoms with E-state index in [1.807, 2.05) is 20.8 Å². The summed E-state index contributed by atoms with van der Waals surface area (Å²) in [5, 5.41) is 9.24. The first-order chi connectivity index (χ1) is 7.64. The van der Waals surface area contributed by atoms with Crippen molar-refractivity contribution in [3.05, 3.63) is 0 Å². The van der Waals surface area contributed by atoms with E-state index >= 15 is 0 Å². The second-order valence-corrected chi connectivity index (χ2v) is 5.45. The molecule has 1 rings (SSSR count). The molecule has 0 bridgehead atoms. The number of nitrogens with zero attached hydrogens (tertiary/aromatic N) is 1. The molecule has 0 aliphatic carbocycles. The maximum atomic E-state index is 11.8. The molecule has 0 aromatic heterocycles. The van der Waals surface area contributed by atoms with Gasteiger partial charge in [0.05, 0.1) is 13.7 Å². The molecule has 0 radical (unpaired) electrons. The van der Waals surface area contributed by atoms with E-state index in [9.17, 15) is 14.7 Å². The highest BCUT2D eigenvalue weighted by Gasteiger charge is 2.55. The van der Waals surface area contributed by atoms with Gasteiger partial charge in [-0.25, -0.2) is 9.59 Å². The number of carbonyl (C=O) groups excluding carboxylic acids is 1. The quantitative estimate of drug-likeness (QED) is 0.753. The van der Waals surface area contributed by atoms with Gasteiger partial charge in [-0.05, 0) is 6.92 Å². The van der Waals surface area contributed by atoms with Crippen LogP contribution in [-0.4, -0.2) is 47.6 Å². The molecule has 98 valence electrons. The molecule has 6 heteroatoms. The minimum Gasteiger partial charge on any atom is -0.479 e. The molecule has 1 saturated heterocycles. The van der Waals surface area contributed by atoms with Crippen LogP contribution in [-0.2, 0) is 14.3 Å². The van der Waals surface area contributed by atoms with Gasteiger partial charge in [-0.1, -0.05) is 20.8 Å². The lowest BCUT2D eigenvalue weighted by Gasteiger charge is -2.37. The molecule has 1 N–H and O–H groups in total. The van der Waals surface area contributed by atoms with Crippen LogP contribution in [0.2, 0.25) is 0 Å². The van der Waals surface area contributed by atoms with Crippen LogP contribution in [0.4, 0.5) is 4.79 Å². The summed E-state index contributed by atoms with van der Waals surface area (Å²) < 4.78 is 10.1. The van der Waals surface area contributed by atoms with Gasteiger partial charge in [0.2, 0.25) is 0 Å². The van der Waals surface area contributed by atoms with Crippen molar-refractivity contribution in [2.24, 2.45) is 5.41 Å². The predicted octanol–water partition coefficient (Wildman–Crippen LogP) is 1.30. The molecule has 2 atom stereocenters. The number of carbonyl (C=O) groups is 2. The second-order valence-electron chi connectivity index (χ2n) is 5.45. The van der Waals surface area contributed by atoms with Crippen molar-refractivity contribution in [1.82, 2.24) is 4.90 Å². The molecule has 0 aromatic carbocycles. The number of carboxylic acid groups (broad SMARTS) is 1. The third kappa shape index (κ3) is 2.22. The second kappa shape index (κ2) is 4.18. The minimum atomic E-state index is -1.38. The summed E-state index contributed by atoms with van der Waals surface area (Å²) in [6.07, 6.45) is -1.30. The smallest absolute Gasteiger partial charge is 0.412 e. The Balaban J connectivity index is 3.15. The van der Waals surface area contributed by atoms with Crippen LogP contribution in [0.25, 0.3) is 0 Å². The van der Waals surface area contributed by atoms with Gasteiger partial charge in [-0.15, -0.1) is 0 Å². The number of methoxy groups -OCH3 is 1. The number of aliphatic carboxylic acids is 1. The fourth-order valence-corrected chi connectivity index (χ4v) is 1.84. The van der Waals surface area contributed by atoms with Gasteiger partial charge in [-0.2, -0.15) is 0 Å². The summed E-state index contributed by atoms with van der Waals surface area (Å²) in [6.45, 7) is 7.04. The first-order valence-electron chi connectivity index (χ1n) is 5.37. The van der Waals surface area contributed by atoms with Crippen molar-refractivity contribution in [3.8, 4) is 0 Å². The monoisotopic (exact) mass is 245 g/mol. The Morgan fingerprint density at radius 2 is 2.00 bits per heavy atom. The zero-order valence-electron chi connectivity index (χ0n) is 10.8. The Labute approximate surface area is 100 Å². The van der Waals surface area contributed by atoms with E-state index in [-0.39, 0.29) is 12.0 Å². The third-order valence-electron chi connectivity index (χ3n) is 2.86. The van der Waals surface area contributed by atoms with E-state index in [0.29, 0.717) is 0 Å². The zero-order valence-corrected chi connectivity index (χ0v) is 10.8. The summed E-state index contributed by atoms with van der Waals surface area (Å²) in [7, 11) is 1.22. The van der Waals surface area contributed by atoms with Crippen molar-refractivity contribution < 1.29 is 24.2 Å². The maximum absolute atomic E-state index is 11.8. The normalized spacial score (nSPS) is 29.2. The van der Waals surface area contributed by atoms with E-state index in [0.717, 1.165) is 4.90 Å². The van der Waals surface area contributed by atoms with E-state index in [4.69, 9.17) is 4.74 Å². The third-order valence-corrected chi connectivity index (χ3v) is 2.86. The van der Waals surface area contributed by atoms with E-state index in [1.54, 1.807) is 0 Å². The number of carboxylic acids is 1. The van der Waals surface area contributed by atoms with Gasteiger partial charge in [0, 0.05) is 5.41 Å². The molecule has 1 fully saturated rings. The summed E-state index contributed by atoms with van der Waals surface area (Å²) >= 11 is 0. The van der Waals surface area contributed by atoms with Crippen molar-refractivity contribution in [1.29, 1.82) is 0 Å². The molecular formula is C11H19NO5. The fourth-order valence-electron chi connectivity index (χ4n) is 1.84. The molecule has 1 aliphatic rings. The average molecular weight is 245 g/mol. The Bertz CT molecular complexity index is 335. The number of amides is 1. The zero-order chi connectivity index (χ0) is 13.4. The van der Waals surface area contributed by atoms with Gasteiger partial charge in [-0.3, -0.25) is 4.90 Å². The Hall–Kier alpha value is -1.30. The van der Waals surface area contributed by atoms with Crippen LogP contribution in [0, 0.1) is 5.41 Å². The standard InChI is InChI=1S/C11H19NO5/c1-10(2,3)7-12(9(15)16-5)11(4,6-17-7)8(13)14/h7H,6H2,1-5H3,(H,13,14)/t7-,11+/m1/s1.